The Morgan fingerprint density at radius 3 is 2.69 bits per heavy atom. The maximum Gasteiger partial charge on any atom is 0.118 e. The summed E-state index contributed by atoms with van der Waals surface area (Å²) in [6.45, 7) is 4.11. The van der Waals surface area contributed by atoms with Crippen LogP contribution < -0.4 is 0 Å². The van der Waals surface area contributed by atoms with Crippen LogP contribution in [0.25, 0.3) is 0 Å². The highest BCUT2D eigenvalue weighted by atomic mass is 32.1. The first-order valence-corrected chi connectivity index (χ1v) is 5.12. The molecule has 0 saturated carbocycles. The lowest BCUT2D eigenvalue weighted by molar-refractivity contribution is 0.469. The molecule has 0 spiro atoms. The van der Waals surface area contributed by atoms with Gasteiger partial charge in [0.05, 0.1) is 0 Å². The van der Waals surface area contributed by atoms with Crippen molar-refractivity contribution in [3.05, 3.63) is 23.3 Å². The molecule has 1 N–H and O–H groups in total. The average Bonchev–Trinajstić information content (AvgIpc) is 2.12. The Labute approximate surface area is 85.2 Å². The number of rotatable bonds is 3. The lowest BCUT2D eigenvalue weighted by atomic mass is 10.0. The van der Waals surface area contributed by atoms with Crippen molar-refractivity contribution in [1.29, 1.82) is 0 Å². The number of phenols is 1. The first-order chi connectivity index (χ1) is 6.16. The van der Waals surface area contributed by atoms with Gasteiger partial charge in [-0.1, -0.05) is 13.3 Å². The Hall–Kier alpha value is -0.630. The van der Waals surface area contributed by atoms with E-state index in [0.717, 1.165) is 23.3 Å². The van der Waals surface area contributed by atoms with E-state index in [9.17, 15) is 5.11 Å². The third kappa shape index (κ3) is 2.41. The number of hydrogen-bond acceptors (Lipinski definition) is 2. The molecule has 1 nitrogen and oxygen atoms in total. The van der Waals surface area contributed by atoms with Crippen LogP contribution in [-0.4, -0.2) is 5.11 Å². The van der Waals surface area contributed by atoms with Gasteiger partial charge in [-0.3, -0.25) is 0 Å². The molecule has 13 heavy (non-hydrogen) atoms. The van der Waals surface area contributed by atoms with Gasteiger partial charge in [0.1, 0.15) is 5.75 Å². The van der Waals surface area contributed by atoms with E-state index in [0.29, 0.717) is 5.75 Å². The molecule has 0 radical (unpaired) electrons. The standard InChI is InChI=1S/C11H16OS/c1-3-4-5-9-8(2)10(12)6-7-11(9)13/h6-7,12-13H,3-5H2,1-2H3. The molecule has 1 aromatic carbocycles. The third-order valence-electron chi connectivity index (χ3n) is 2.33. The molecule has 0 aliphatic carbocycles. The maximum absolute atomic E-state index is 9.49. The Kier molecular flexibility index (Phi) is 3.67. The lowest BCUT2D eigenvalue weighted by Crippen LogP contribution is -1.92. The number of phenolic OH excluding ortho intramolecular Hbond substituents is 1. The van der Waals surface area contributed by atoms with Gasteiger partial charge in [0.15, 0.2) is 0 Å². The van der Waals surface area contributed by atoms with Crippen LogP contribution in [-0.2, 0) is 6.42 Å². The molecule has 0 bridgehead atoms. The average molecular weight is 196 g/mol. The van der Waals surface area contributed by atoms with Crippen LogP contribution in [0.1, 0.15) is 30.9 Å². The van der Waals surface area contributed by atoms with E-state index in [1.807, 2.05) is 13.0 Å². The predicted molar refractivity (Wildman–Crippen MR) is 58.7 cm³/mol. The monoisotopic (exact) mass is 196 g/mol. The topological polar surface area (TPSA) is 20.2 Å². The molecule has 1 rings (SSSR count). The minimum atomic E-state index is 0.379. The Balaban J connectivity index is 2.96. The molecule has 2 heteroatoms. The molecule has 0 aliphatic heterocycles. The highest BCUT2D eigenvalue weighted by Crippen LogP contribution is 2.27. The Bertz CT molecular complexity index is 294. The molecular formula is C11H16OS. The molecule has 0 heterocycles. The molecular weight excluding hydrogens is 180 g/mol. The van der Waals surface area contributed by atoms with Crippen LogP contribution in [0, 0.1) is 6.92 Å². The number of hydrogen-bond donors (Lipinski definition) is 2. The second kappa shape index (κ2) is 4.56. The van der Waals surface area contributed by atoms with Crippen molar-refractivity contribution in [2.24, 2.45) is 0 Å². The summed E-state index contributed by atoms with van der Waals surface area (Å²) >= 11 is 4.38. The minimum absolute atomic E-state index is 0.379. The zero-order valence-corrected chi connectivity index (χ0v) is 9.06. The SMILES string of the molecule is CCCCc1c(S)ccc(O)c1C. The van der Waals surface area contributed by atoms with Gasteiger partial charge in [-0.25, -0.2) is 0 Å². The number of benzene rings is 1. The summed E-state index contributed by atoms with van der Waals surface area (Å²) in [5, 5.41) is 9.49. The summed E-state index contributed by atoms with van der Waals surface area (Å²) in [7, 11) is 0. The molecule has 0 aliphatic rings. The van der Waals surface area contributed by atoms with Crippen LogP contribution in [0.15, 0.2) is 17.0 Å². The molecule has 0 atom stereocenters. The van der Waals surface area contributed by atoms with E-state index in [4.69, 9.17) is 0 Å². The number of thiol groups is 1. The van der Waals surface area contributed by atoms with E-state index in [2.05, 4.69) is 19.6 Å². The van der Waals surface area contributed by atoms with Gasteiger partial charge in [-0.2, -0.15) is 0 Å². The van der Waals surface area contributed by atoms with Gasteiger partial charge in [-0.15, -0.1) is 12.6 Å². The van der Waals surface area contributed by atoms with Crippen LogP contribution in [0.5, 0.6) is 5.75 Å². The highest BCUT2D eigenvalue weighted by molar-refractivity contribution is 7.80. The van der Waals surface area contributed by atoms with Crippen molar-refractivity contribution < 1.29 is 5.11 Å². The van der Waals surface area contributed by atoms with Crippen molar-refractivity contribution in [3.63, 3.8) is 0 Å². The highest BCUT2D eigenvalue weighted by Gasteiger charge is 2.06. The molecule has 1 aromatic rings. The predicted octanol–water partition coefficient (Wildman–Crippen LogP) is 3.33. The van der Waals surface area contributed by atoms with Crippen molar-refractivity contribution >= 4 is 12.6 Å². The van der Waals surface area contributed by atoms with Crippen LogP contribution in [0.3, 0.4) is 0 Å². The minimum Gasteiger partial charge on any atom is -0.508 e. The normalized spacial score (nSPS) is 10.4. The van der Waals surface area contributed by atoms with Crippen LogP contribution in [0.4, 0.5) is 0 Å². The molecule has 0 fully saturated rings. The first-order valence-electron chi connectivity index (χ1n) is 4.67. The zero-order chi connectivity index (χ0) is 9.84. The fraction of sp³-hybridized carbons (Fsp3) is 0.455. The second-order valence-corrected chi connectivity index (χ2v) is 3.79. The number of unbranched alkanes of at least 4 members (excludes halogenated alkanes) is 1. The van der Waals surface area contributed by atoms with Crippen molar-refractivity contribution in [2.45, 2.75) is 38.0 Å². The first kappa shape index (κ1) is 10.5. The quantitative estimate of drug-likeness (QED) is 0.710. The van der Waals surface area contributed by atoms with E-state index >= 15 is 0 Å². The zero-order valence-electron chi connectivity index (χ0n) is 8.17. The van der Waals surface area contributed by atoms with Crippen LogP contribution in [0.2, 0.25) is 0 Å². The maximum atomic E-state index is 9.49. The van der Waals surface area contributed by atoms with Gasteiger partial charge in [0.2, 0.25) is 0 Å². The van der Waals surface area contributed by atoms with E-state index < -0.39 is 0 Å². The van der Waals surface area contributed by atoms with Crippen molar-refractivity contribution in [3.8, 4) is 5.75 Å². The van der Waals surface area contributed by atoms with Gasteiger partial charge < -0.3 is 5.11 Å². The molecule has 0 aromatic heterocycles. The van der Waals surface area contributed by atoms with Gasteiger partial charge in [0, 0.05) is 4.90 Å². The molecule has 72 valence electrons. The van der Waals surface area contributed by atoms with E-state index in [1.165, 1.54) is 12.0 Å². The summed E-state index contributed by atoms with van der Waals surface area (Å²) in [5.74, 6) is 0.379. The lowest BCUT2D eigenvalue weighted by Gasteiger charge is -2.09. The summed E-state index contributed by atoms with van der Waals surface area (Å²) in [4.78, 5) is 0.990. The summed E-state index contributed by atoms with van der Waals surface area (Å²) in [5.41, 5.74) is 2.16. The second-order valence-electron chi connectivity index (χ2n) is 3.31. The largest absolute Gasteiger partial charge is 0.508 e. The van der Waals surface area contributed by atoms with Gasteiger partial charge >= 0.3 is 0 Å². The fourth-order valence-electron chi connectivity index (χ4n) is 1.40. The van der Waals surface area contributed by atoms with Gasteiger partial charge in [-0.05, 0) is 43.0 Å². The van der Waals surface area contributed by atoms with Gasteiger partial charge in [0.25, 0.3) is 0 Å². The fourth-order valence-corrected chi connectivity index (χ4v) is 1.75. The Morgan fingerprint density at radius 1 is 1.38 bits per heavy atom. The molecule has 0 saturated heterocycles. The van der Waals surface area contributed by atoms with Crippen LogP contribution >= 0.6 is 12.6 Å². The summed E-state index contributed by atoms with van der Waals surface area (Å²) in [6.07, 6.45) is 3.33. The van der Waals surface area contributed by atoms with Crippen molar-refractivity contribution in [1.82, 2.24) is 0 Å². The summed E-state index contributed by atoms with van der Waals surface area (Å²) in [6, 6.07) is 3.56. The molecule has 0 amide bonds. The Morgan fingerprint density at radius 2 is 2.08 bits per heavy atom. The number of aromatic hydroxyl groups is 1. The van der Waals surface area contributed by atoms with E-state index in [1.54, 1.807) is 6.07 Å². The third-order valence-corrected chi connectivity index (χ3v) is 2.74. The van der Waals surface area contributed by atoms with E-state index in [-0.39, 0.29) is 0 Å². The van der Waals surface area contributed by atoms with Crippen molar-refractivity contribution in [2.75, 3.05) is 0 Å². The molecule has 0 unspecified atom stereocenters. The summed E-state index contributed by atoms with van der Waals surface area (Å²) < 4.78 is 0. The smallest absolute Gasteiger partial charge is 0.118 e.